The average molecular weight is 298 g/mol. The van der Waals surface area contributed by atoms with Crippen LogP contribution in [0.5, 0.6) is 0 Å². The second kappa shape index (κ2) is 12.8. The summed E-state index contributed by atoms with van der Waals surface area (Å²) in [5, 5.41) is 9.20. The standard InChI is InChI=1S/C18H34O3/c1-4-5-6-7-8-9-10-13-16(18(20)21)17(19)14-11-12-15(2)3/h15-16H,4-14H2,1-3H3,(H,20,21). The van der Waals surface area contributed by atoms with E-state index in [2.05, 4.69) is 20.8 Å². The molecule has 0 fully saturated rings. The van der Waals surface area contributed by atoms with Crippen molar-refractivity contribution in [3.05, 3.63) is 0 Å². The van der Waals surface area contributed by atoms with Gasteiger partial charge in [-0.2, -0.15) is 0 Å². The molecule has 0 aliphatic heterocycles. The second-order valence-corrected chi connectivity index (χ2v) is 6.55. The number of carboxylic acid groups (broad SMARTS) is 1. The first-order valence-electron chi connectivity index (χ1n) is 8.74. The highest BCUT2D eigenvalue weighted by Crippen LogP contribution is 2.17. The molecule has 0 aromatic heterocycles. The van der Waals surface area contributed by atoms with Crippen LogP contribution in [-0.2, 0) is 9.59 Å². The van der Waals surface area contributed by atoms with Crippen molar-refractivity contribution in [2.45, 2.75) is 91.4 Å². The summed E-state index contributed by atoms with van der Waals surface area (Å²) in [4.78, 5) is 23.2. The minimum Gasteiger partial charge on any atom is -0.481 e. The Balaban J connectivity index is 3.86. The second-order valence-electron chi connectivity index (χ2n) is 6.55. The van der Waals surface area contributed by atoms with E-state index in [1.165, 1.54) is 25.7 Å². The van der Waals surface area contributed by atoms with Crippen molar-refractivity contribution >= 4 is 11.8 Å². The van der Waals surface area contributed by atoms with Crippen molar-refractivity contribution in [2.24, 2.45) is 11.8 Å². The summed E-state index contributed by atoms with van der Waals surface area (Å²) in [6.07, 6.45) is 10.8. The van der Waals surface area contributed by atoms with Crippen LogP contribution in [0.2, 0.25) is 0 Å². The van der Waals surface area contributed by atoms with Crippen molar-refractivity contribution in [1.82, 2.24) is 0 Å². The summed E-state index contributed by atoms with van der Waals surface area (Å²) in [6, 6.07) is 0. The zero-order valence-electron chi connectivity index (χ0n) is 14.2. The highest BCUT2D eigenvalue weighted by atomic mass is 16.4. The first kappa shape index (κ1) is 20.1. The Morgan fingerprint density at radius 3 is 1.95 bits per heavy atom. The molecule has 0 heterocycles. The maximum atomic E-state index is 12.0. The Hall–Kier alpha value is -0.860. The van der Waals surface area contributed by atoms with Crippen molar-refractivity contribution in [1.29, 1.82) is 0 Å². The van der Waals surface area contributed by atoms with Crippen molar-refractivity contribution in [3.8, 4) is 0 Å². The van der Waals surface area contributed by atoms with Gasteiger partial charge in [-0.3, -0.25) is 9.59 Å². The molecule has 0 aromatic rings. The topological polar surface area (TPSA) is 54.4 Å². The first-order chi connectivity index (χ1) is 9.99. The van der Waals surface area contributed by atoms with Gasteiger partial charge in [0.25, 0.3) is 0 Å². The summed E-state index contributed by atoms with van der Waals surface area (Å²) in [5.41, 5.74) is 0. The minimum absolute atomic E-state index is 0.0749. The number of hydrogen-bond donors (Lipinski definition) is 1. The number of unbranched alkanes of at least 4 members (excludes halogenated alkanes) is 6. The van der Waals surface area contributed by atoms with Gasteiger partial charge in [0.1, 0.15) is 11.7 Å². The Labute approximate surface area is 130 Å². The summed E-state index contributed by atoms with van der Waals surface area (Å²) in [7, 11) is 0. The van der Waals surface area contributed by atoms with Crippen molar-refractivity contribution in [2.75, 3.05) is 0 Å². The van der Waals surface area contributed by atoms with Crippen LogP contribution in [0.1, 0.15) is 91.4 Å². The Morgan fingerprint density at radius 2 is 1.43 bits per heavy atom. The molecule has 0 bridgehead atoms. The van der Waals surface area contributed by atoms with Gasteiger partial charge in [-0.25, -0.2) is 0 Å². The zero-order chi connectivity index (χ0) is 16.1. The molecule has 0 rings (SSSR count). The molecule has 0 aliphatic carbocycles. The molecule has 0 aliphatic rings. The molecule has 21 heavy (non-hydrogen) atoms. The van der Waals surface area contributed by atoms with E-state index >= 15 is 0 Å². The Kier molecular flexibility index (Phi) is 12.3. The van der Waals surface area contributed by atoms with Gasteiger partial charge in [0.15, 0.2) is 0 Å². The third kappa shape index (κ3) is 11.5. The highest BCUT2D eigenvalue weighted by Gasteiger charge is 2.24. The van der Waals surface area contributed by atoms with Gasteiger partial charge in [-0.1, -0.05) is 72.1 Å². The number of rotatable bonds is 14. The van der Waals surface area contributed by atoms with Crippen molar-refractivity contribution in [3.63, 3.8) is 0 Å². The van der Waals surface area contributed by atoms with E-state index < -0.39 is 11.9 Å². The molecule has 0 aromatic carbocycles. The van der Waals surface area contributed by atoms with Crippen LogP contribution in [0.15, 0.2) is 0 Å². The zero-order valence-corrected chi connectivity index (χ0v) is 14.2. The quantitative estimate of drug-likeness (QED) is 0.353. The van der Waals surface area contributed by atoms with Crippen LogP contribution in [-0.4, -0.2) is 16.9 Å². The molecule has 1 unspecified atom stereocenters. The fraction of sp³-hybridized carbons (Fsp3) is 0.889. The SMILES string of the molecule is CCCCCCCCCC(C(=O)O)C(=O)CCCC(C)C. The van der Waals surface area contributed by atoms with Gasteiger partial charge in [0, 0.05) is 6.42 Å². The smallest absolute Gasteiger partial charge is 0.314 e. The van der Waals surface area contributed by atoms with Crippen molar-refractivity contribution < 1.29 is 14.7 Å². The molecule has 124 valence electrons. The van der Waals surface area contributed by atoms with E-state index in [1.54, 1.807) is 0 Å². The van der Waals surface area contributed by atoms with Crippen LogP contribution in [0.25, 0.3) is 0 Å². The third-order valence-corrected chi connectivity index (χ3v) is 3.99. The number of carboxylic acids is 1. The monoisotopic (exact) mass is 298 g/mol. The molecule has 0 radical (unpaired) electrons. The molecule has 1 N–H and O–H groups in total. The predicted octanol–water partition coefficient (Wildman–Crippen LogP) is 5.22. The molecule has 0 saturated carbocycles. The van der Waals surface area contributed by atoms with Gasteiger partial charge >= 0.3 is 5.97 Å². The van der Waals surface area contributed by atoms with E-state index in [0.717, 1.165) is 32.1 Å². The highest BCUT2D eigenvalue weighted by molar-refractivity contribution is 5.98. The number of ketones is 1. The van der Waals surface area contributed by atoms with Gasteiger partial charge in [-0.05, 0) is 18.8 Å². The van der Waals surface area contributed by atoms with Crippen LogP contribution >= 0.6 is 0 Å². The Morgan fingerprint density at radius 1 is 0.857 bits per heavy atom. The molecular formula is C18H34O3. The molecule has 1 atom stereocenters. The number of aliphatic carboxylic acids is 1. The summed E-state index contributed by atoms with van der Waals surface area (Å²) in [5.74, 6) is -1.21. The van der Waals surface area contributed by atoms with E-state index in [1.807, 2.05) is 0 Å². The van der Waals surface area contributed by atoms with Crippen LogP contribution < -0.4 is 0 Å². The molecule has 0 saturated heterocycles. The number of Topliss-reactive ketones (excluding diaryl/α,β-unsaturated/α-hetero) is 1. The van der Waals surface area contributed by atoms with E-state index in [0.29, 0.717) is 18.8 Å². The molecule has 0 spiro atoms. The lowest BCUT2D eigenvalue weighted by atomic mass is 9.92. The third-order valence-electron chi connectivity index (χ3n) is 3.99. The maximum Gasteiger partial charge on any atom is 0.314 e. The number of carbonyl (C=O) groups is 2. The lowest BCUT2D eigenvalue weighted by Crippen LogP contribution is -2.23. The van der Waals surface area contributed by atoms with Gasteiger partial charge in [0.05, 0.1) is 0 Å². The minimum atomic E-state index is -0.935. The summed E-state index contributed by atoms with van der Waals surface area (Å²) in [6.45, 7) is 6.44. The van der Waals surface area contributed by atoms with E-state index in [-0.39, 0.29) is 5.78 Å². The fourth-order valence-electron chi connectivity index (χ4n) is 2.59. The van der Waals surface area contributed by atoms with Gasteiger partial charge < -0.3 is 5.11 Å². The summed E-state index contributed by atoms with van der Waals surface area (Å²) < 4.78 is 0. The average Bonchev–Trinajstić information content (AvgIpc) is 2.40. The molecular weight excluding hydrogens is 264 g/mol. The van der Waals surface area contributed by atoms with Crippen LogP contribution in [0.4, 0.5) is 0 Å². The number of carbonyl (C=O) groups excluding carboxylic acids is 1. The first-order valence-corrected chi connectivity index (χ1v) is 8.74. The maximum absolute atomic E-state index is 12.0. The summed E-state index contributed by atoms with van der Waals surface area (Å²) >= 11 is 0. The van der Waals surface area contributed by atoms with Crippen LogP contribution in [0, 0.1) is 11.8 Å². The normalized spacial score (nSPS) is 12.6. The van der Waals surface area contributed by atoms with Crippen LogP contribution in [0.3, 0.4) is 0 Å². The fourth-order valence-corrected chi connectivity index (χ4v) is 2.59. The lowest BCUT2D eigenvalue weighted by Gasteiger charge is -2.12. The largest absolute Gasteiger partial charge is 0.481 e. The Bertz CT molecular complexity index is 284. The molecule has 3 nitrogen and oxygen atoms in total. The van der Waals surface area contributed by atoms with E-state index in [4.69, 9.17) is 0 Å². The predicted molar refractivity (Wildman–Crippen MR) is 87.4 cm³/mol. The molecule has 3 heteroatoms. The number of hydrogen-bond acceptors (Lipinski definition) is 2. The van der Waals surface area contributed by atoms with E-state index in [9.17, 15) is 14.7 Å². The lowest BCUT2D eigenvalue weighted by molar-refractivity contribution is -0.146. The van der Waals surface area contributed by atoms with Gasteiger partial charge in [-0.15, -0.1) is 0 Å². The van der Waals surface area contributed by atoms with Gasteiger partial charge in [0.2, 0.25) is 0 Å². The molecule has 0 amide bonds.